The first-order chi connectivity index (χ1) is 13.9. The standard InChI is InChI=1S/C19H18N4O5S/c1-27-15-7-3-13(4-8-15)17-11-18(21-12-20-17)23-29(25,26)16-9-5-14(6-10-16)22-19(24)28-2/h3-12H,1-2H3,(H,22,24)(H,20,21,23). The molecule has 10 heteroatoms. The second kappa shape index (κ2) is 8.57. The molecule has 1 aromatic heterocycles. The zero-order valence-corrected chi connectivity index (χ0v) is 16.4. The zero-order valence-electron chi connectivity index (χ0n) is 15.6. The van der Waals surface area contributed by atoms with Gasteiger partial charge in [-0.3, -0.25) is 10.0 Å². The number of nitrogens with one attached hydrogen (secondary N) is 2. The third kappa shape index (κ3) is 4.99. The topological polar surface area (TPSA) is 120 Å². The third-order valence-corrected chi connectivity index (χ3v) is 5.26. The molecule has 1 amide bonds. The lowest BCUT2D eigenvalue weighted by Crippen LogP contribution is -2.15. The molecule has 0 radical (unpaired) electrons. The summed E-state index contributed by atoms with van der Waals surface area (Å²) in [6.45, 7) is 0. The van der Waals surface area contributed by atoms with E-state index in [4.69, 9.17) is 4.74 Å². The van der Waals surface area contributed by atoms with Crippen molar-refractivity contribution < 1.29 is 22.7 Å². The number of hydrogen-bond acceptors (Lipinski definition) is 7. The number of sulfonamides is 1. The molecule has 29 heavy (non-hydrogen) atoms. The maximum Gasteiger partial charge on any atom is 0.411 e. The summed E-state index contributed by atoms with van der Waals surface area (Å²) in [5.74, 6) is 0.830. The smallest absolute Gasteiger partial charge is 0.411 e. The summed E-state index contributed by atoms with van der Waals surface area (Å²) in [6, 6.07) is 14.3. The van der Waals surface area contributed by atoms with E-state index in [1.807, 2.05) is 12.1 Å². The Morgan fingerprint density at radius 2 is 1.66 bits per heavy atom. The number of hydrogen-bond donors (Lipinski definition) is 2. The molecule has 3 aromatic rings. The number of carbonyl (C=O) groups excluding carboxylic acids is 1. The van der Waals surface area contributed by atoms with Crippen LogP contribution >= 0.6 is 0 Å². The van der Waals surface area contributed by atoms with E-state index in [-0.39, 0.29) is 10.7 Å². The Hall–Kier alpha value is -3.66. The molecule has 0 atom stereocenters. The van der Waals surface area contributed by atoms with E-state index < -0.39 is 16.1 Å². The molecule has 0 saturated heterocycles. The van der Waals surface area contributed by atoms with Crippen LogP contribution in [0.3, 0.4) is 0 Å². The number of anilines is 2. The number of methoxy groups -OCH3 is 2. The maximum absolute atomic E-state index is 12.6. The molecule has 1 heterocycles. The molecule has 0 bridgehead atoms. The van der Waals surface area contributed by atoms with Crippen LogP contribution in [0.4, 0.5) is 16.3 Å². The van der Waals surface area contributed by atoms with Crippen molar-refractivity contribution in [3.8, 4) is 17.0 Å². The summed E-state index contributed by atoms with van der Waals surface area (Å²) in [4.78, 5) is 19.4. The fraction of sp³-hybridized carbons (Fsp3) is 0.105. The molecule has 0 aliphatic heterocycles. The minimum absolute atomic E-state index is 0.0116. The molecule has 2 aromatic carbocycles. The van der Waals surface area contributed by atoms with Crippen molar-refractivity contribution in [3.05, 3.63) is 60.9 Å². The van der Waals surface area contributed by atoms with Gasteiger partial charge in [0.1, 0.15) is 17.9 Å². The van der Waals surface area contributed by atoms with Gasteiger partial charge in [0.05, 0.1) is 24.8 Å². The molecule has 0 unspecified atom stereocenters. The Balaban J connectivity index is 1.78. The third-order valence-electron chi connectivity index (χ3n) is 3.89. The number of rotatable bonds is 6. The SMILES string of the molecule is COC(=O)Nc1ccc(S(=O)(=O)Nc2cc(-c3ccc(OC)cc3)ncn2)cc1. The number of carbonyl (C=O) groups is 1. The highest BCUT2D eigenvalue weighted by Crippen LogP contribution is 2.23. The van der Waals surface area contributed by atoms with Gasteiger partial charge < -0.3 is 9.47 Å². The van der Waals surface area contributed by atoms with Crippen LogP contribution < -0.4 is 14.8 Å². The van der Waals surface area contributed by atoms with Crippen LogP contribution in [0.2, 0.25) is 0 Å². The minimum atomic E-state index is -3.88. The lowest BCUT2D eigenvalue weighted by atomic mass is 10.1. The van der Waals surface area contributed by atoms with Gasteiger partial charge in [0.15, 0.2) is 0 Å². The Morgan fingerprint density at radius 1 is 0.966 bits per heavy atom. The van der Waals surface area contributed by atoms with Crippen LogP contribution in [0.5, 0.6) is 5.75 Å². The van der Waals surface area contributed by atoms with Crippen molar-refractivity contribution in [2.75, 3.05) is 24.3 Å². The van der Waals surface area contributed by atoms with E-state index in [2.05, 4.69) is 24.7 Å². The van der Waals surface area contributed by atoms with Gasteiger partial charge in [-0.05, 0) is 48.5 Å². The van der Waals surface area contributed by atoms with Gasteiger partial charge in [-0.25, -0.2) is 23.2 Å². The number of benzene rings is 2. The Labute approximate surface area is 167 Å². The molecule has 0 spiro atoms. The highest BCUT2D eigenvalue weighted by atomic mass is 32.2. The summed E-state index contributed by atoms with van der Waals surface area (Å²) in [5, 5.41) is 2.45. The van der Waals surface area contributed by atoms with Gasteiger partial charge in [-0.1, -0.05) is 0 Å². The largest absolute Gasteiger partial charge is 0.497 e. The number of ether oxygens (including phenoxy) is 2. The van der Waals surface area contributed by atoms with Crippen LogP contribution in [0, 0.1) is 0 Å². The molecule has 2 N–H and O–H groups in total. The molecule has 0 aliphatic carbocycles. The van der Waals surface area contributed by atoms with Crippen molar-refractivity contribution in [2.24, 2.45) is 0 Å². The maximum atomic E-state index is 12.6. The lowest BCUT2D eigenvalue weighted by Gasteiger charge is -2.10. The molecule has 0 saturated carbocycles. The predicted octanol–water partition coefficient (Wildman–Crippen LogP) is 3.13. The van der Waals surface area contributed by atoms with Crippen LogP contribution in [-0.2, 0) is 14.8 Å². The van der Waals surface area contributed by atoms with Crippen molar-refractivity contribution in [1.82, 2.24) is 9.97 Å². The predicted molar refractivity (Wildman–Crippen MR) is 107 cm³/mol. The summed E-state index contributed by atoms with van der Waals surface area (Å²) in [5.41, 5.74) is 1.74. The number of nitrogens with zero attached hydrogens (tertiary/aromatic N) is 2. The van der Waals surface area contributed by atoms with Gasteiger partial charge in [0.2, 0.25) is 0 Å². The quantitative estimate of drug-likeness (QED) is 0.636. The summed E-state index contributed by atoms with van der Waals surface area (Å²) < 4.78 is 37.3. The average Bonchev–Trinajstić information content (AvgIpc) is 2.74. The van der Waals surface area contributed by atoms with Crippen LogP contribution in [0.1, 0.15) is 0 Å². The monoisotopic (exact) mass is 414 g/mol. The van der Waals surface area contributed by atoms with Crippen LogP contribution in [0.25, 0.3) is 11.3 Å². The normalized spacial score (nSPS) is 10.8. The molecular formula is C19H18N4O5S. The number of amides is 1. The van der Waals surface area contributed by atoms with Crippen molar-refractivity contribution in [2.45, 2.75) is 4.90 Å². The molecule has 3 rings (SSSR count). The Morgan fingerprint density at radius 3 is 2.28 bits per heavy atom. The average molecular weight is 414 g/mol. The second-order valence-electron chi connectivity index (χ2n) is 5.76. The van der Waals surface area contributed by atoms with E-state index in [1.54, 1.807) is 19.2 Å². The van der Waals surface area contributed by atoms with Gasteiger partial charge in [0, 0.05) is 17.3 Å². The van der Waals surface area contributed by atoms with E-state index in [9.17, 15) is 13.2 Å². The first-order valence-electron chi connectivity index (χ1n) is 8.35. The summed E-state index contributed by atoms with van der Waals surface area (Å²) in [6.07, 6.45) is 0.631. The van der Waals surface area contributed by atoms with Crippen LogP contribution in [-0.4, -0.2) is 38.7 Å². The molecule has 0 fully saturated rings. The Bertz CT molecular complexity index is 1100. The summed E-state index contributed by atoms with van der Waals surface area (Å²) >= 11 is 0. The lowest BCUT2D eigenvalue weighted by molar-refractivity contribution is 0.187. The van der Waals surface area contributed by atoms with E-state index >= 15 is 0 Å². The minimum Gasteiger partial charge on any atom is -0.497 e. The van der Waals surface area contributed by atoms with Gasteiger partial charge in [-0.15, -0.1) is 0 Å². The van der Waals surface area contributed by atoms with E-state index in [1.165, 1.54) is 43.8 Å². The highest BCUT2D eigenvalue weighted by molar-refractivity contribution is 7.92. The van der Waals surface area contributed by atoms with Crippen molar-refractivity contribution in [1.29, 1.82) is 0 Å². The van der Waals surface area contributed by atoms with Gasteiger partial charge in [-0.2, -0.15) is 0 Å². The molecule has 9 nitrogen and oxygen atoms in total. The molecular weight excluding hydrogens is 396 g/mol. The summed E-state index contributed by atoms with van der Waals surface area (Å²) in [7, 11) is -1.07. The van der Waals surface area contributed by atoms with Gasteiger partial charge in [0.25, 0.3) is 10.0 Å². The van der Waals surface area contributed by atoms with Crippen LogP contribution in [0.15, 0.2) is 65.8 Å². The Kier molecular flexibility index (Phi) is 5.93. The highest BCUT2D eigenvalue weighted by Gasteiger charge is 2.16. The molecule has 0 aliphatic rings. The molecule has 150 valence electrons. The van der Waals surface area contributed by atoms with Crippen molar-refractivity contribution >= 4 is 27.6 Å². The zero-order chi connectivity index (χ0) is 20.9. The van der Waals surface area contributed by atoms with E-state index in [0.717, 1.165) is 5.56 Å². The fourth-order valence-corrected chi connectivity index (χ4v) is 3.41. The first-order valence-corrected chi connectivity index (χ1v) is 9.84. The second-order valence-corrected chi connectivity index (χ2v) is 7.45. The van der Waals surface area contributed by atoms with Crippen molar-refractivity contribution in [3.63, 3.8) is 0 Å². The van der Waals surface area contributed by atoms with E-state index in [0.29, 0.717) is 17.1 Å². The fourth-order valence-electron chi connectivity index (χ4n) is 2.42. The first kappa shape index (κ1) is 20.1. The van der Waals surface area contributed by atoms with Gasteiger partial charge >= 0.3 is 6.09 Å². The number of aromatic nitrogens is 2.